The first-order valence-electron chi connectivity index (χ1n) is 8.83. The summed E-state index contributed by atoms with van der Waals surface area (Å²) in [5.74, 6) is -0.270. The van der Waals surface area contributed by atoms with E-state index in [1.165, 1.54) is 18.2 Å². The van der Waals surface area contributed by atoms with Crippen LogP contribution in [0.2, 0.25) is 0 Å². The third-order valence-electron chi connectivity index (χ3n) is 4.23. The Morgan fingerprint density at radius 1 is 1.21 bits per heavy atom. The van der Waals surface area contributed by atoms with E-state index < -0.39 is 17.0 Å². The number of hydrogen-bond acceptors (Lipinski definition) is 8. The van der Waals surface area contributed by atoms with Crippen LogP contribution in [0.1, 0.15) is 34.8 Å². The lowest BCUT2D eigenvalue weighted by Crippen LogP contribution is -2.13. The number of aromatic nitrogens is 2. The number of benzene rings is 2. The number of esters is 1. The van der Waals surface area contributed by atoms with Gasteiger partial charge in [0.25, 0.3) is 11.6 Å². The van der Waals surface area contributed by atoms with Crippen LogP contribution in [0.25, 0.3) is 11.5 Å². The fourth-order valence-electron chi connectivity index (χ4n) is 2.75. The largest absolute Gasteiger partial charge is 0.449 e. The number of nitro groups is 1. The Morgan fingerprint density at radius 3 is 2.62 bits per heavy atom. The van der Waals surface area contributed by atoms with Crippen molar-refractivity contribution in [3.05, 3.63) is 69.6 Å². The van der Waals surface area contributed by atoms with E-state index in [9.17, 15) is 14.9 Å². The van der Waals surface area contributed by atoms with Gasteiger partial charge in [0, 0.05) is 25.7 Å². The summed E-state index contributed by atoms with van der Waals surface area (Å²) in [5.41, 5.74) is 2.07. The molecule has 1 heterocycles. The monoisotopic (exact) mass is 396 g/mol. The molecule has 0 radical (unpaired) electrons. The van der Waals surface area contributed by atoms with Crippen molar-refractivity contribution in [2.45, 2.75) is 20.0 Å². The molecule has 0 spiro atoms. The minimum absolute atomic E-state index is 0.0626. The SMILES string of the molecule is Cc1cccc(-c2nnc(C(C)OC(=O)c3ccc(N(C)C)c([N+](=O)[O-])c3)o2)c1. The van der Waals surface area contributed by atoms with Gasteiger partial charge in [-0.15, -0.1) is 10.2 Å². The molecule has 0 bridgehead atoms. The Labute approximate surface area is 167 Å². The average Bonchev–Trinajstić information content (AvgIpc) is 3.17. The predicted octanol–water partition coefficient (Wildman–Crippen LogP) is 3.94. The smallest absolute Gasteiger partial charge is 0.339 e. The summed E-state index contributed by atoms with van der Waals surface area (Å²) < 4.78 is 11.0. The molecule has 1 unspecified atom stereocenters. The minimum atomic E-state index is -0.818. The third-order valence-corrected chi connectivity index (χ3v) is 4.23. The Morgan fingerprint density at radius 2 is 1.97 bits per heavy atom. The van der Waals surface area contributed by atoms with E-state index in [1.54, 1.807) is 25.9 Å². The molecule has 0 N–H and O–H groups in total. The number of anilines is 1. The van der Waals surface area contributed by atoms with Gasteiger partial charge < -0.3 is 14.1 Å². The van der Waals surface area contributed by atoms with E-state index in [1.807, 2.05) is 31.2 Å². The van der Waals surface area contributed by atoms with Crippen LogP contribution in [0.15, 0.2) is 46.9 Å². The van der Waals surface area contributed by atoms with Gasteiger partial charge in [-0.1, -0.05) is 17.7 Å². The molecule has 3 rings (SSSR count). The number of nitro benzene ring substituents is 1. The molecule has 0 aliphatic carbocycles. The molecule has 2 aromatic carbocycles. The third kappa shape index (κ3) is 4.40. The maximum atomic E-state index is 12.5. The van der Waals surface area contributed by atoms with Crippen LogP contribution in [0.3, 0.4) is 0 Å². The second-order valence-corrected chi connectivity index (χ2v) is 6.72. The molecule has 0 amide bonds. The van der Waals surface area contributed by atoms with Gasteiger partial charge in [-0.05, 0) is 38.1 Å². The zero-order valence-corrected chi connectivity index (χ0v) is 16.4. The number of rotatable bonds is 6. The molecule has 0 saturated carbocycles. The molecule has 9 heteroatoms. The van der Waals surface area contributed by atoms with Crippen LogP contribution >= 0.6 is 0 Å². The molecule has 0 saturated heterocycles. The lowest BCUT2D eigenvalue weighted by molar-refractivity contribution is -0.384. The van der Waals surface area contributed by atoms with Gasteiger partial charge in [-0.25, -0.2) is 4.79 Å². The zero-order chi connectivity index (χ0) is 21.1. The van der Waals surface area contributed by atoms with Gasteiger partial charge in [0.05, 0.1) is 10.5 Å². The number of ether oxygens (including phenoxy) is 1. The summed E-state index contributed by atoms with van der Waals surface area (Å²) in [7, 11) is 3.37. The average molecular weight is 396 g/mol. The van der Waals surface area contributed by atoms with Crippen LogP contribution in [0.5, 0.6) is 0 Å². The van der Waals surface area contributed by atoms with E-state index in [2.05, 4.69) is 10.2 Å². The lowest BCUT2D eigenvalue weighted by Gasteiger charge is -2.14. The van der Waals surface area contributed by atoms with Crippen LogP contribution in [-0.4, -0.2) is 35.2 Å². The quantitative estimate of drug-likeness (QED) is 0.350. The van der Waals surface area contributed by atoms with Crippen LogP contribution in [0.4, 0.5) is 11.4 Å². The van der Waals surface area contributed by atoms with Crippen LogP contribution < -0.4 is 4.90 Å². The first kappa shape index (κ1) is 20.0. The van der Waals surface area contributed by atoms with Crippen molar-refractivity contribution in [2.24, 2.45) is 0 Å². The second kappa shape index (κ2) is 8.09. The van der Waals surface area contributed by atoms with Crippen molar-refractivity contribution in [3.63, 3.8) is 0 Å². The van der Waals surface area contributed by atoms with E-state index in [0.717, 1.165) is 11.1 Å². The van der Waals surface area contributed by atoms with Crippen molar-refractivity contribution in [3.8, 4) is 11.5 Å². The molecule has 9 nitrogen and oxygen atoms in total. The van der Waals surface area contributed by atoms with Gasteiger partial charge in [0.15, 0.2) is 6.10 Å². The number of carbonyl (C=O) groups is 1. The summed E-state index contributed by atoms with van der Waals surface area (Å²) in [6.45, 7) is 3.54. The summed E-state index contributed by atoms with van der Waals surface area (Å²) in [6.07, 6.45) is -0.818. The van der Waals surface area contributed by atoms with E-state index in [-0.39, 0.29) is 17.1 Å². The molecule has 1 atom stereocenters. The first-order valence-corrected chi connectivity index (χ1v) is 8.83. The standard InChI is InChI=1S/C20H20N4O5/c1-12-6-5-7-14(10-12)19-22-21-18(29-19)13(2)28-20(25)15-8-9-16(23(3)4)17(11-15)24(26)27/h5-11,13H,1-4H3. The fourth-order valence-corrected chi connectivity index (χ4v) is 2.75. The zero-order valence-electron chi connectivity index (χ0n) is 16.4. The molecule has 150 valence electrons. The van der Waals surface area contributed by atoms with E-state index in [0.29, 0.717) is 11.6 Å². The fraction of sp³-hybridized carbons (Fsp3) is 0.250. The summed E-state index contributed by atoms with van der Waals surface area (Å²) >= 11 is 0. The van der Waals surface area contributed by atoms with Gasteiger partial charge in [-0.2, -0.15) is 0 Å². The topological polar surface area (TPSA) is 112 Å². The van der Waals surface area contributed by atoms with E-state index in [4.69, 9.17) is 9.15 Å². The number of carbonyl (C=O) groups excluding carboxylic acids is 1. The molecule has 0 aliphatic rings. The summed E-state index contributed by atoms with van der Waals surface area (Å²) in [4.78, 5) is 24.8. The highest BCUT2D eigenvalue weighted by Gasteiger charge is 2.23. The van der Waals surface area contributed by atoms with Crippen LogP contribution in [0, 0.1) is 17.0 Å². The van der Waals surface area contributed by atoms with E-state index >= 15 is 0 Å². The van der Waals surface area contributed by atoms with Crippen molar-refractivity contribution >= 4 is 17.3 Å². The highest BCUT2D eigenvalue weighted by Crippen LogP contribution is 2.29. The van der Waals surface area contributed by atoms with Crippen molar-refractivity contribution in [1.29, 1.82) is 0 Å². The highest BCUT2D eigenvalue weighted by atomic mass is 16.6. The summed E-state index contributed by atoms with van der Waals surface area (Å²) in [5, 5.41) is 19.2. The maximum Gasteiger partial charge on any atom is 0.339 e. The minimum Gasteiger partial charge on any atom is -0.449 e. The molecule has 0 fully saturated rings. The Bertz CT molecular complexity index is 1060. The Kier molecular flexibility index (Phi) is 5.58. The molecule has 29 heavy (non-hydrogen) atoms. The summed E-state index contributed by atoms with van der Waals surface area (Å²) in [6, 6.07) is 11.7. The van der Waals surface area contributed by atoms with Crippen LogP contribution in [-0.2, 0) is 4.74 Å². The van der Waals surface area contributed by atoms with Gasteiger partial charge in [0.2, 0.25) is 5.89 Å². The molecule has 1 aromatic heterocycles. The van der Waals surface area contributed by atoms with Gasteiger partial charge in [-0.3, -0.25) is 10.1 Å². The van der Waals surface area contributed by atoms with Crippen molar-refractivity contribution < 1.29 is 18.9 Å². The Balaban J connectivity index is 1.77. The van der Waals surface area contributed by atoms with Crippen molar-refractivity contribution in [1.82, 2.24) is 10.2 Å². The number of hydrogen-bond donors (Lipinski definition) is 0. The normalized spacial score (nSPS) is 11.7. The molecular formula is C20H20N4O5. The van der Waals surface area contributed by atoms with Gasteiger partial charge in [0.1, 0.15) is 5.69 Å². The maximum absolute atomic E-state index is 12.5. The number of nitrogens with zero attached hydrogens (tertiary/aromatic N) is 4. The second-order valence-electron chi connectivity index (χ2n) is 6.72. The van der Waals surface area contributed by atoms with Gasteiger partial charge >= 0.3 is 5.97 Å². The Hall–Kier alpha value is -3.75. The predicted molar refractivity (Wildman–Crippen MR) is 106 cm³/mol. The molecule has 0 aliphatic heterocycles. The highest BCUT2D eigenvalue weighted by molar-refractivity contribution is 5.91. The molecule has 3 aromatic rings. The molecular weight excluding hydrogens is 376 g/mol. The lowest BCUT2D eigenvalue weighted by atomic mass is 10.1. The number of aryl methyl sites for hydroxylation is 1. The first-order chi connectivity index (χ1) is 13.8. The van der Waals surface area contributed by atoms with Crippen molar-refractivity contribution in [2.75, 3.05) is 19.0 Å².